The van der Waals surface area contributed by atoms with Crippen molar-refractivity contribution in [2.75, 3.05) is 0 Å². The Bertz CT molecular complexity index is 314. The molecule has 0 bridgehead atoms. The molecule has 1 atom stereocenters. The molecule has 1 N–H and O–H groups in total. The number of nitrogens with one attached hydrogen (secondary N) is 1. The highest BCUT2D eigenvalue weighted by atomic mass is 16.6. The van der Waals surface area contributed by atoms with Gasteiger partial charge in [0.15, 0.2) is 0 Å². The molecule has 0 aliphatic heterocycles. The van der Waals surface area contributed by atoms with Gasteiger partial charge in [-0.05, 0) is 40.0 Å². The van der Waals surface area contributed by atoms with Gasteiger partial charge in [-0.15, -0.1) is 0 Å². The number of carbonyl (C=O) groups excluding carboxylic acids is 2. The quantitative estimate of drug-likeness (QED) is 0.831. The Kier molecular flexibility index (Phi) is 5.83. The van der Waals surface area contributed by atoms with Crippen LogP contribution in [0.3, 0.4) is 0 Å². The van der Waals surface area contributed by atoms with Gasteiger partial charge in [-0.2, -0.15) is 0 Å². The minimum absolute atomic E-state index is 0.108. The van der Waals surface area contributed by atoms with Gasteiger partial charge >= 0.3 is 6.09 Å². The first kappa shape index (κ1) is 16.0. The lowest BCUT2D eigenvalue weighted by atomic mass is 9.96. The fourth-order valence-electron chi connectivity index (χ4n) is 2.43. The molecule has 0 heterocycles. The van der Waals surface area contributed by atoms with Crippen LogP contribution in [0.5, 0.6) is 0 Å². The van der Waals surface area contributed by atoms with Crippen molar-refractivity contribution in [2.24, 2.45) is 5.92 Å². The zero-order valence-corrected chi connectivity index (χ0v) is 12.6. The molecule has 1 unspecified atom stereocenters. The van der Waals surface area contributed by atoms with E-state index < -0.39 is 11.7 Å². The third-order valence-corrected chi connectivity index (χ3v) is 3.47. The van der Waals surface area contributed by atoms with Crippen molar-refractivity contribution >= 4 is 11.9 Å². The topological polar surface area (TPSA) is 55.4 Å². The third kappa shape index (κ3) is 6.08. The van der Waals surface area contributed by atoms with Gasteiger partial charge < -0.3 is 10.1 Å². The molecular formula is C15H27NO3. The summed E-state index contributed by atoms with van der Waals surface area (Å²) in [6.07, 6.45) is 5.10. The molecule has 1 saturated carbocycles. The number of ether oxygens (including phenoxy) is 1. The summed E-state index contributed by atoms with van der Waals surface area (Å²) >= 11 is 0. The summed E-state index contributed by atoms with van der Waals surface area (Å²) in [6, 6.07) is -0.108. The van der Waals surface area contributed by atoms with Crippen LogP contribution in [0.2, 0.25) is 0 Å². The Labute approximate surface area is 116 Å². The van der Waals surface area contributed by atoms with Crippen molar-refractivity contribution < 1.29 is 14.3 Å². The minimum atomic E-state index is -0.502. The Balaban J connectivity index is 2.40. The number of rotatable bonds is 5. The second-order valence-electron chi connectivity index (χ2n) is 6.40. The average molecular weight is 269 g/mol. The van der Waals surface area contributed by atoms with E-state index in [1.54, 1.807) is 0 Å². The van der Waals surface area contributed by atoms with Gasteiger partial charge in [-0.1, -0.05) is 19.8 Å². The van der Waals surface area contributed by atoms with Gasteiger partial charge in [-0.3, -0.25) is 4.79 Å². The molecule has 1 aliphatic carbocycles. The lowest BCUT2D eigenvalue weighted by Crippen LogP contribution is -2.40. The van der Waals surface area contributed by atoms with E-state index in [2.05, 4.69) is 5.32 Å². The molecule has 1 amide bonds. The van der Waals surface area contributed by atoms with Crippen molar-refractivity contribution in [1.29, 1.82) is 0 Å². The zero-order chi connectivity index (χ0) is 14.5. The van der Waals surface area contributed by atoms with Crippen molar-refractivity contribution in [1.82, 2.24) is 5.32 Å². The van der Waals surface area contributed by atoms with E-state index in [9.17, 15) is 9.59 Å². The molecule has 1 fully saturated rings. The summed E-state index contributed by atoms with van der Waals surface area (Å²) in [6.45, 7) is 7.47. The van der Waals surface area contributed by atoms with Gasteiger partial charge in [0.1, 0.15) is 11.4 Å². The highest BCUT2D eigenvalue weighted by Gasteiger charge is 2.26. The van der Waals surface area contributed by atoms with Crippen molar-refractivity contribution in [2.45, 2.75) is 77.9 Å². The fourth-order valence-corrected chi connectivity index (χ4v) is 2.43. The summed E-state index contributed by atoms with van der Waals surface area (Å²) in [4.78, 5) is 23.8. The lowest BCUT2D eigenvalue weighted by molar-refractivity contribution is -0.123. The predicted octanol–water partition coefficient (Wildman–Crippen LogP) is 3.44. The number of amides is 1. The monoisotopic (exact) mass is 269 g/mol. The van der Waals surface area contributed by atoms with E-state index in [1.165, 1.54) is 0 Å². The number of alkyl carbamates (subject to hydrolysis) is 1. The Hall–Kier alpha value is -1.06. The van der Waals surface area contributed by atoms with E-state index in [0.717, 1.165) is 32.1 Å². The summed E-state index contributed by atoms with van der Waals surface area (Å²) in [5.41, 5.74) is -0.502. The molecule has 1 aliphatic rings. The van der Waals surface area contributed by atoms with E-state index >= 15 is 0 Å². The van der Waals surface area contributed by atoms with Gasteiger partial charge in [-0.25, -0.2) is 4.79 Å². The van der Waals surface area contributed by atoms with Gasteiger partial charge in [0.25, 0.3) is 0 Å². The maximum atomic E-state index is 12.1. The van der Waals surface area contributed by atoms with Crippen LogP contribution in [0.1, 0.15) is 66.2 Å². The highest BCUT2D eigenvalue weighted by molar-refractivity contribution is 5.82. The summed E-state index contributed by atoms with van der Waals surface area (Å²) < 4.78 is 5.22. The second kappa shape index (κ2) is 6.92. The van der Waals surface area contributed by atoms with E-state index in [-0.39, 0.29) is 12.0 Å². The van der Waals surface area contributed by atoms with Crippen molar-refractivity contribution in [3.8, 4) is 0 Å². The largest absolute Gasteiger partial charge is 0.444 e. The van der Waals surface area contributed by atoms with E-state index in [1.807, 2.05) is 27.7 Å². The molecule has 19 heavy (non-hydrogen) atoms. The molecule has 0 aromatic rings. The van der Waals surface area contributed by atoms with E-state index in [4.69, 9.17) is 4.74 Å². The number of hydrogen-bond acceptors (Lipinski definition) is 3. The van der Waals surface area contributed by atoms with Crippen LogP contribution in [-0.2, 0) is 9.53 Å². The van der Waals surface area contributed by atoms with Crippen molar-refractivity contribution in [3.63, 3.8) is 0 Å². The standard InChI is InChI=1S/C15H27NO3/c1-5-12(16-14(18)19-15(2,3)4)10-13(17)11-8-6-7-9-11/h11-12H,5-10H2,1-4H3,(H,16,18). The predicted molar refractivity (Wildman–Crippen MR) is 75.0 cm³/mol. The van der Waals surface area contributed by atoms with Gasteiger partial charge in [0.2, 0.25) is 0 Å². The van der Waals surface area contributed by atoms with Crippen LogP contribution in [0, 0.1) is 5.92 Å². The molecule has 110 valence electrons. The summed E-state index contributed by atoms with van der Waals surface area (Å²) in [5, 5.41) is 2.80. The lowest BCUT2D eigenvalue weighted by Gasteiger charge is -2.23. The first-order valence-corrected chi connectivity index (χ1v) is 7.34. The van der Waals surface area contributed by atoms with E-state index in [0.29, 0.717) is 12.2 Å². The molecule has 0 radical (unpaired) electrons. The van der Waals surface area contributed by atoms with Crippen LogP contribution in [0.25, 0.3) is 0 Å². The average Bonchev–Trinajstić information content (AvgIpc) is 2.78. The Morgan fingerprint density at radius 2 is 1.84 bits per heavy atom. The third-order valence-electron chi connectivity index (χ3n) is 3.47. The zero-order valence-electron chi connectivity index (χ0n) is 12.6. The highest BCUT2D eigenvalue weighted by Crippen LogP contribution is 2.27. The summed E-state index contributed by atoms with van der Waals surface area (Å²) in [7, 11) is 0. The first-order chi connectivity index (χ1) is 8.81. The molecule has 0 spiro atoms. The van der Waals surface area contributed by atoms with Crippen LogP contribution in [-0.4, -0.2) is 23.5 Å². The normalized spacial score (nSPS) is 18.1. The van der Waals surface area contributed by atoms with Crippen LogP contribution in [0.15, 0.2) is 0 Å². The maximum absolute atomic E-state index is 12.1. The Morgan fingerprint density at radius 1 is 1.26 bits per heavy atom. The van der Waals surface area contributed by atoms with Crippen LogP contribution >= 0.6 is 0 Å². The van der Waals surface area contributed by atoms with Crippen LogP contribution < -0.4 is 5.32 Å². The number of ketones is 1. The Morgan fingerprint density at radius 3 is 2.32 bits per heavy atom. The second-order valence-corrected chi connectivity index (χ2v) is 6.40. The van der Waals surface area contributed by atoms with Crippen molar-refractivity contribution in [3.05, 3.63) is 0 Å². The van der Waals surface area contributed by atoms with Gasteiger partial charge in [0, 0.05) is 18.4 Å². The summed E-state index contributed by atoms with van der Waals surface area (Å²) in [5.74, 6) is 0.509. The van der Waals surface area contributed by atoms with Gasteiger partial charge in [0.05, 0.1) is 0 Å². The fraction of sp³-hybridized carbons (Fsp3) is 0.867. The molecule has 4 heteroatoms. The number of hydrogen-bond donors (Lipinski definition) is 1. The number of carbonyl (C=O) groups is 2. The first-order valence-electron chi connectivity index (χ1n) is 7.34. The minimum Gasteiger partial charge on any atom is -0.444 e. The SMILES string of the molecule is CCC(CC(=O)C1CCCC1)NC(=O)OC(C)(C)C. The molecule has 0 aromatic carbocycles. The smallest absolute Gasteiger partial charge is 0.407 e. The number of Topliss-reactive ketones (excluding diaryl/α,β-unsaturated/α-hetero) is 1. The molecule has 0 aromatic heterocycles. The molecule has 4 nitrogen and oxygen atoms in total. The molecule has 1 rings (SSSR count). The maximum Gasteiger partial charge on any atom is 0.407 e. The van der Waals surface area contributed by atoms with Crippen LogP contribution in [0.4, 0.5) is 4.79 Å². The molecular weight excluding hydrogens is 242 g/mol. The molecule has 0 saturated heterocycles.